The summed E-state index contributed by atoms with van der Waals surface area (Å²) in [7, 11) is 0. The van der Waals surface area contributed by atoms with E-state index in [1.54, 1.807) is 11.3 Å². The van der Waals surface area contributed by atoms with Gasteiger partial charge in [-0.05, 0) is 31.2 Å². The van der Waals surface area contributed by atoms with Gasteiger partial charge in [0.25, 0.3) is 0 Å². The maximum Gasteiger partial charge on any atom is 0.133 e. The molecule has 2 heterocycles. The minimum absolute atomic E-state index is 0.0374. The number of thioether (sulfide) groups is 1. The molecule has 1 aliphatic rings. The number of thiophene rings is 1. The van der Waals surface area contributed by atoms with Crippen molar-refractivity contribution in [3.63, 3.8) is 0 Å². The molecule has 2 N–H and O–H groups in total. The second kappa shape index (κ2) is 4.96. The highest BCUT2D eigenvalue weighted by atomic mass is 32.2. The van der Waals surface area contributed by atoms with Gasteiger partial charge in [-0.15, -0.1) is 23.1 Å². The highest BCUT2D eigenvalue weighted by molar-refractivity contribution is 7.99. The van der Waals surface area contributed by atoms with Crippen molar-refractivity contribution >= 4 is 23.1 Å². The predicted molar refractivity (Wildman–Crippen MR) is 77.6 cm³/mol. The lowest BCUT2D eigenvalue weighted by atomic mass is 10.1. The van der Waals surface area contributed by atoms with Crippen molar-refractivity contribution in [1.82, 2.24) is 0 Å². The first-order chi connectivity index (χ1) is 8.74. The Morgan fingerprint density at radius 3 is 2.89 bits per heavy atom. The van der Waals surface area contributed by atoms with Gasteiger partial charge in [0, 0.05) is 20.4 Å². The van der Waals surface area contributed by atoms with E-state index in [0.717, 1.165) is 11.5 Å². The van der Waals surface area contributed by atoms with Crippen LogP contribution in [-0.4, -0.2) is 11.9 Å². The Morgan fingerprint density at radius 2 is 2.11 bits per heavy atom. The molecule has 0 radical (unpaired) electrons. The van der Waals surface area contributed by atoms with Gasteiger partial charge in [-0.1, -0.05) is 12.1 Å². The fourth-order valence-corrected chi connectivity index (χ4v) is 4.01. The van der Waals surface area contributed by atoms with Crippen LogP contribution in [0.2, 0.25) is 0 Å². The number of para-hydroxylation sites is 1. The minimum atomic E-state index is -0.0374. The molecule has 94 valence electrons. The van der Waals surface area contributed by atoms with Crippen molar-refractivity contribution in [2.75, 3.05) is 5.75 Å². The van der Waals surface area contributed by atoms with E-state index < -0.39 is 0 Å². The number of aryl methyl sites for hydroxylation is 1. The summed E-state index contributed by atoms with van der Waals surface area (Å²) in [6.07, 6.45) is 0.0583. The molecule has 0 saturated carbocycles. The quantitative estimate of drug-likeness (QED) is 0.910. The fourth-order valence-electron chi connectivity index (χ4n) is 2.03. The Kier molecular flexibility index (Phi) is 3.33. The Bertz CT molecular complexity index is 552. The first-order valence-electron chi connectivity index (χ1n) is 5.94. The zero-order chi connectivity index (χ0) is 12.5. The second-order valence-electron chi connectivity index (χ2n) is 4.39. The molecule has 2 nitrogen and oxygen atoms in total. The molecule has 2 aromatic rings. The smallest absolute Gasteiger partial charge is 0.133 e. The number of nitrogens with two attached hydrogens (primary N) is 1. The molecular weight excluding hydrogens is 262 g/mol. The lowest BCUT2D eigenvalue weighted by Gasteiger charge is -2.29. The molecule has 2 unspecified atom stereocenters. The topological polar surface area (TPSA) is 35.2 Å². The van der Waals surface area contributed by atoms with E-state index in [1.165, 1.54) is 14.6 Å². The third-order valence-electron chi connectivity index (χ3n) is 3.02. The molecular formula is C14H15NOS2. The summed E-state index contributed by atoms with van der Waals surface area (Å²) in [5.74, 6) is 1.87. The summed E-state index contributed by atoms with van der Waals surface area (Å²) in [6, 6.07) is 12.3. The largest absolute Gasteiger partial charge is 0.486 e. The summed E-state index contributed by atoms with van der Waals surface area (Å²) in [6.45, 7) is 2.10. The van der Waals surface area contributed by atoms with Gasteiger partial charge in [0.2, 0.25) is 0 Å². The van der Waals surface area contributed by atoms with Crippen LogP contribution in [0.3, 0.4) is 0 Å². The molecule has 1 aliphatic heterocycles. The van der Waals surface area contributed by atoms with Gasteiger partial charge in [0.15, 0.2) is 0 Å². The van der Waals surface area contributed by atoms with Gasteiger partial charge >= 0.3 is 0 Å². The Morgan fingerprint density at radius 1 is 1.28 bits per heavy atom. The van der Waals surface area contributed by atoms with Crippen LogP contribution in [0.25, 0.3) is 0 Å². The lowest BCUT2D eigenvalue weighted by Crippen LogP contribution is -2.34. The predicted octanol–water partition coefficient (Wildman–Crippen LogP) is 3.61. The molecule has 18 heavy (non-hydrogen) atoms. The molecule has 0 fully saturated rings. The minimum Gasteiger partial charge on any atom is -0.486 e. The highest BCUT2D eigenvalue weighted by Crippen LogP contribution is 2.38. The number of benzene rings is 1. The van der Waals surface area contributed by atoms with Gasteiger partial charge in [0.05, 0.1) is 6.04 Å². The zero-order valence-electron chi connectivity index (χ0n) is 10.1. The second-order valence-corrected chi connectivity index (χ2v) is 6.77. The van der Waals surface area contributed by atoms with Gasteiger partial charge in [-0.3, -0.25) is 0 Å². The van der Waals surface area contributed by atoms with E-state index in [4.69, 9.17) is 10.5 Å². The highest BCUT2D eigenvalue weighted by Gasteiger charge is 2.27. The maximum absolute atomic E-state index is 6.31. The standard InChI is InChI=1S/C14H15NOS2/c1-9-6-7-13(18-9)14(15)11-8-17-12-5-3-2-4-10(12)16-11/h2-7,11,14H,8,15H2,1H3. The number of hydrogen-bond donors (Lipinski definition) is 1. The summed E-state index contributed by atoms with van der Waals surface area (Å²) in [4.78, 5) is 3.71. The Labute approximate surface area is 115 Å². The van der Waals surface area contributed by atoms with Crippen LogP contribution in [0.1, 0.15) is 15.8 Å². The molecule has 3 rings (SSSR count). The zero-order valence-corrected chi connectivity index (χ0v) is 11.8. The van der Waals surface area contributed by atoms with Crippen LogP contribution >= 0.6 is 23.1 Å². The molecule has 4 heteroatoms. The molecule has 2 atom stereocenters. The summed E-state index contributed by atoms with van der Waals surface area (Å²) >= 11 is 3.58. The monoisotopic (exact) mass is 277 g/mol. The van der Waals surface area contributed by atoms with E-state index in [-0.39, 0.29) is 12.1 Å². The molecule has 0 amide bonds. The van der Waals surface area contributed by atoms with E-state index in [9.17, 15) is 0 Å². The average Bonchev–Trinajstić information content (AvgIpc) is 2.84. The SMILES string of the molecule is Cc1ccc(C(N)C2CSc3ccccc3O2)s1. The third kappa shape index (κ3) is 2.28. The third-order valence-corrected chi connectivity index (χ3v) is 5.27. The van der Waals surface area contributed by atoms with Crippen molar-refractivity contribution < 1.29 is 4.74 Å². The van der Waals surface area contributed by atoms with E-state index in [1.807, 2.05) is 30.0 Å². The van der Waals surface area contributed by atoms with Crippen LogP contribution in [0.4, 0.5) is 0 Å². The van der Waals surface area contributed by atoms with Crippen molar-refractivity contribution in [2.45, 2.75) is 24.0 Å². The molecule has 0 spiro atoms. The summed E-state index contributed by atoms with van der Waals surface area (Å²) in [5, 5.41) is 0. The summed E-state index contributed by atoms with van der Waals surface area (Å²) in [5.41, 5.74) is 6.31. The van der Waals surface area contributed by atoms with Gasteiger partial charge in [0.1, 0.15) is 11.9 Å². The molecule has 0 saturated heterocycles. The lowest BCUT2D eigenvalue weighted by molar-refractivity contribution is 0.187. The van der Waals surface area contributed by atoms with Crippen molar-refractivity contribution in [1.29, 1.82) is 0 Å². The van der Waals surface area contributed by atoms with Crippen molar-refractivity contribution in [2.24, 2.45) is 5.73 Å². The molecule has 1 aromatic carbocycles. The van der Waals surface area contributed by atoms with Gasteiger partial charge in [-0.25, -0.2) is 0 Å². The number of fused-ring (bicyclic) bond motifs is 1. The Hall–Kier alpha value is -0.970. The number of ether oxygens (including phenoxy) is 1. The van der Waals surface area contributed by atoms with Gasteiger partial charge < -0.3 is 10.5 Å². The fraction of sp³-hybridized carbons (Fsp3) is 0.286. The number of hydrogen-bond acceptors (Lipinski definition) is 4. The van der Waals surface area contributed by atoms with Crippen LogP contribution < -0.4 is 10.5 Å². The molecule has 0 aliphatic carbocycles. The maximum atomic E-state index is 6.31. The van der Waals surface area contributed by atoms with Gasteiger partial charge in [-0.2, -0.15) is 0 Å². The van der Waals surface area contributed by atoms with E-state index in [2.05, 4.69) is 25.1 Å². The summed E-state index contributed by atoms with van der Waals surface area (Å²) < 4.78 is 6.02. The molecule has 1 aromatic heterocycles. The van der Waals surface area contributed by atoms with Crippen LogP contribution in [-0.2, 0) is 0 Å². The Balaban J connectivity index is 1.79. The van der Waals surface area contributed by atoms with Crippen LogP contribution in [0.5, 0.6) is 5.75 Å². The van der Waals surface area contributed by atoms with E-state index in [0.29, 0.717) is 0 Å². The average molecular weight is 277 g/mol. The molecule has 0 bridgehead atoms. The number of rotatable bonds is 2. The first-order valence-corrected chi connectivity index (χ1v) is 7.74. The van der Waals surface area contributed by atoms with Crippen LogP contribution in [0.15, 0.2) is 41.3 Å². The van der Waals surface area contributed by atoms with E-state index >= 15 is 0 Å². The first kappa shape index (κ1) is 12.1. The van der Waals surface area contributed by atoms with Crippen molar-refractivity contribution in [3.8, 4) is 5.75 Å². The van der Waals surface area contributed by atoms with Crippen molar-refractivity contribution in [3.05, 3.63) is 46.2 Å². The van der Waals surface area contributed by atoms with Crippen LogP contribution in [0, 0.1) is 6.92 Å². The normalized spacial score (nSPS) is 20.0.